The number of rotatable bonds is 7. The fourth-order valence-electron chi connectivity index (χ4n) is 2.66. The van der Waals surface area contributed by atoms with Crippen molar-refractivity contribution < 1.29 is 22.7 Å². The lowest BCUT2D eigenvalue weighted by atomic mass is 10.2. The highest BCUT2D eigenvalue weighted by molar-refractivity contribution is 8.00. The fourth-order valence-corrected chi connectivity index (χ4v) is 3.68. The molecule has 2 aromatic carbocycles. The van der Waals surface area contributed by atoms with Crippen LogP contribution in [0, 0.1) is 0 Å². The van der Waals surface area contributed by atoms with Crippen LogP contribution in [-0.2, 0) is 4.79 Å². The van der Waals surface area contributed by atoms with Gasteiger partial charge in [0.2, 0.25) is 5.91 Å². The second-order valence-corrected chi connectivity index (χ2v) is 8.19. The molecule has 0 radical (unpaired) electrons. The van der Waals surface area contributed by atoms with E-state index < -0.39 is 23.9 Å². The average Bonchev–Trinajstić information content (AvgIpc) is 3.15. The number of halogens is 4. The minimum atomic E-state index is -4.48. The fraction of sp³-hybridized carbons (Fsp3) is 0.250. The Hall–Kier alpha value is -2.72. The molecule has 1 atom stereocenters. The van der Waals surface area contributed by atoms with Crippen molar-refractivity contribution in [1.82, 2.24) is 20.1 Å². The molecule has 0 spiro atoms. The summed E-state index contributed by atoms with van der Waals surface area (Å²) in [5.74, 6) is 0.347. The summed E-state index contributed by atoms with van der Waals surface area (Å²) in [7, 11) is 1.55. The molecular weight excluding hydrogens is 453 g/mol. The SMILES string of the molecule is COc1cccc(-c2nnc(SC(C)C(=O)NCC(F)(F)F)n2-c2ccc(Cl)cc2)c1. The Kier molecular flexibility index (Phi) is 7.11. The maximum atomic E-state index is 12.4. The molecule has 0 aliphatic heterocycles. The van der Waals surface area contributed by atoms with Gasteiger partial charge in [-0.25, -0.2) is 0 Å². The number of nitrogens with one attached hydrogen (secondary N) is 1. The summed E-state index contributed by atoms with van der Waals surface area (Å²) < 4.78 is 44.2. The lowest BCUT2D eigenvalue weighted by Crippen LogP contribution is -2.38. The first kappa shape index (κ1) is 23.0. The number of amides is 1. The second-order valence-electron chi connectivity index (χ2n) is 6.44. The van der Waals surface area contributed by atoms with Crippen LogP contribution in [0.5, 0.6) is 5.75 Å². The van der Waals surface area contributed by atoms with Crippen LogP contribution in [0.1, 0.15) is 6.92 Å². The summed E-state index contributed by atoms with van der Waals surface area (Å²) in [5.41, 5.74) is 1.39. The van der Waals surface area contributed by atoms with Crippen molar-refractivity contribution in [1.29, 1.82) is 0 Å². The number of thioether (sulfide) groups is 1. The summed E-state index contributed by atoms with van der Waals surface area (Å²) >= 11 is 7.00. The van der Waals surface area contributed by atoms with Crippen molar-refractivity contribution in [3.63, 3.8) is 0 Å². The summed E-state index contributed by atoms with van der Waals surface area (Å²) in [4.78, 5) is 12.1. The Labute approximate surface area is 185 Å². The van der Waals surface area contributed by atoms with Crippen LogP contribution in [0.4, 0.5) is 13.2 Å². The van der Waals surface area contributed by atoms with Gasteiger partial charge in [-0.05, 0) is 43.3 Å². The summed E-state index contributed by atoms with van der Waals surface area (Å²) in [6.45, 7) is 0.109. The first-order valence-electron chi connectivity index (χ1n) is 9.05. The normalized spacial score (nSPS) is 12.5. The average molecular weight is 471 g/mol. The van der Waals surface area contributed by atoms with Gasteiger partial charge in [-0.3, -0.25) is 9.36 Å². The van der Waals surface area contributed by atoms with Crippen molar-refractivity contribution in [2.75, 3.05) is 13.7 Å². The van der Waals surface area contributed by atoms with Gasteiger partial charge in [0.05, 0.1) is 12.4 Å². The van der Waals surface area contributed by atoms with Gasteiger partial charge in [-0.2, -0.15) is 13.2 Å². The first-order chi connectivity index (χ1) is 14.7. The van der Waals surface area contributed by atoms with E-state index in [9.17, 15) is 18.0 Å². The van der Waals surface area contributed by atoms with Gasteiger partial charge < -0.3 is 10.1 Å². The van der Waals surface area contributed by atoms with E-state index in [2.05, 4.69) is 10.2 Å². The Morgan fingerprint density at radius 1 is 1.23 bits per heavy atom. The lowest BCUT2D eigenvalue weighted by Gasteiger charge is -2.15. The minimum Gasteiger partial charge on any atom is -0.497 e. The van der Waals surface area contributed by atoms with Crippen molar-refractivity contribution >= 4 is 29.3 Å². The molecule has 3 aromatic rings. The molecule has 0 saturated heterocycles. The van der Waals surface area contributed by atoms with E-state index in [1.165, 1.54) is 6.92 Å². The number of nitrogens with zero attached hydrogens (tertiary/aromatic N) is 3. The zero-order valence-electron chi connectivity index (χ0n) is 16.5. The van der Waals surface area contributed by atoms with Crippen LogP contribution < -0.4 is 10.1 Å². The Bertz CT molecular complexity index is 1060. The molecule has 1 heterocycles. The molecule has 11 heteroatoms. The van der Waals surface area contributed by atoms with Crippen molar-refractivity contribution in [3.05, 3.63) is 53.6 Å². The van der Waals surface area contributed by atoms with Crippen LogP contribution >= 0.6 is 23.4 Å². The standard InChI is InChI=1S/C20H18ClF3N4O2S/c1-12(18(29)25-11-20(22,23)24)31-19-27-26-17(13-4-3-5-16(10-13)30-2)28(19)15-8-6-14(21)7-9-15/h3-10,12H,11H2,1-2H3,(H,25,29). The predicted molar refractivity (Wildman–Crippen MR) is 113 cm³/mol. The lowest BCUT2D eigenvalue weighted by molar-refractivity contribution is -0.137. The first-order valence-corrected chi connectivity index (χ1v) is 10.3. The third kappa shape index (κ3) is 5.92. The zero-order chi connectivity index (χ0) is 22.6. The third-order valence-electron chi connectivity index (χ3n) is 4.16. The molecule has 0 aliphatic carbocycles. The second kappa shape index (κ2) is 9.61. The number of ether oxygens (including phenoxy) is 1. The van der Waals surface area contributed by atoms with Gasteiger partial charge in [0, 0.05) is 16.3 Å². The van der Waals surface area contributed by atoms with Crippen molar-refractivity contribution in [2.45, 2.75) is 23.5 Å². The number of aromatic nitrogens is 3. The topological polar surface area (TPSA) is 69.0 Å². The van der Waals surface area contributed by atoms with Crippen LogP contribution in [-0.4, -0.2) is 45.8 Å². The molecule has 0 fully saturated rings. The number of carbonyl (C=O) groups excluding carboxylic acids is 1. The summed E-state index contributed by atoms with van der Waals surface area (Å²) in [5, 5.41) is 10.4. The molecule has 0 saturated carbocycles. The quantitative estimate of drug-likeness (QED) is 0.504. The van der Waals surface area contributed by atoms with E-state index in [1.54, 1.807) is 54.1 Å². The van der Waals surface area contributed by atoms with Gasteiger partial charge in [0.25, 0.3) is 0 Å². The van der Waals surface area contributed by atoms with Crippen LogP contribution in [0.2, 0.25) is 5.02 Å². The van der Waals surface area contributed by atoms with E-state index in [0.717, 1.165) is 11.8 Å². The molecule has 1 amide bonds. The summed E-state index contributed by atoms with van der Waals surface area (Å²) in [6, 6.07) is 14.1. The number of alkyl halides is 3. The molecule has 0 bridgehead atoms. The van der Waals surface area contributed by atoms with Gasteiger partial charge in [0.1, 0.15) is 12.3 Å². The van der Waals surface area contributed by atoms with Crippen molar-refractivity contribution in [3.8, 4) is 22.8 Å². The highest BCUT2D eigenvalue weighted by Crippen LogP contribution is 2.32. The van der Waals surface area contributed by atoms with E-state index >= 15 is 0 Å². The van der Waals surface area contributed by atoms with Gasteiger partial charge in [-0.1, -0.05) is 35.5 Å². The largest absolute Gasteiger partial charge is 0.497 e. The van der Waals surface area contributed by atoms with E-state index in [0.29, 0.717) is 33.0 Å². The number of hydrogen-bond donors (Lipinski definition) is 1. The van der Waals surface area contributed by atoms with Crippen molar-refractivity contribution in [2.24, 2.45) is 0 Å². The smallest absolute Gasteiger partial charge is 0.405 e. The highest BCUT2D eigenvalue weighted by atomic mass is 35.5. The maximum absolute atomic E-state index is 12.4. The molecule has 3 rings (SSSR count). The minimum absolute atomic E-state index is 0.342. The van der Waals surface area contributed by atoms with Gasteiger partial charge in [-0.15, -0.1) is 10.2 Å². The molecule has 1 aromatic heterocycles. The molecule has 0 aliphatic rings. The zero-order valence-corrected chi connectivity index (χ0v) is 18.1. The third-order valence-corrected chi connectivity index (χ3v) is 5.46. The Morgan fingerprint density at radius 3 is 2.58 bits per heavy atom. The van der Waals surface area contributed by atoms with Crippen LogP contribution in [0.15, 0.2) is 53.7 Å². The molecule has 31 heavy (non-hydrogen) atoms. The maximum Gasteiger partial charge on any atom is 0.405 e. The van der Waals surface area contributed by atoms with Crippen LogP contribution in [0.3, 0.4) is 0 Å². The number of benzene rings is 2. The summed E-state index contributed by atoms with van der Waals surface area (Å²) in [6.07, 6.45) is -4.48. The molecule has 1 N–H and O–H groups in total. The monoisotopic (exact) mass is 470 g/mol. The molecular formula is C20H18ClF3N4O2S. The molecule has 6 nitrogen and oxygen atoms in total. The highest BCUT2D eigenvalue weighted by Gasteiger charge is 2.29. The van der Waals surface area contributed by atoms with E-state index in [-0.39, 0.29) is 0 Å². The van der Waals surface area contributed by atoms with Crippen LogP contribution in [0.25, 0.3) is 17.1 Å². The van der Waals surface area contributed by atoms with Gasteiger partial charge in [0.15, 0.2) is 11.0 Å². The van der Waals surface area contributed by atoms with E-state index in [1.807, 2.05) is 11.4 Å². The number of hydrogen-bond acceptors (Lipinski definition) is 5. The van der Waals surface area contributed by atoms with E-state index in [4.69, 9.17) is 16.3 Å². The Morgan fingerprint density at radius 2 is 1.94 bits per heavy atom. The molecule has 164 valence electrons. The number of methoxy groups -OCH3 is 1. The molecule has 1 unspecified atom stereocenters. The number of carbonyl (C=O) groups is 1. The Balaban J connectivity index is 1.96. The van der Waals surface area contributed by atoms with Gasteiger partial charge >= 0.3 is 6.18 Å². The predicted octanol–water partition coefficient (Wildman–Crippen LogP) is 4.76.